The van der Waals surface area contributed by atoms with Crippen LogP contribution in [0.5, 0.6) is 5.75 Å². The van der Waals surface area contributed by atoms with Crippen LogP contribution in [-0.4, -0.2) is 35.9 Å². The van der Waals surface area contributed by atoms with E-state index < -0.39 is 6.04 Å². The number of rotatable bonds is 11. The number of benzene rings is 3. The van der Waals surface area contributed by atoms with Crippen LogP contribution < -0.4 is 10.1 Å². The Kier molecular flexibility index (Phi) is 10.2. The Morgan fingerprint density at radius 1 is 0.917 bits per heavy atom. The number of nitrogens with one attached hydrogen (secondary N) is 1. The standard InChI is InChI=1S/C29H32Cl2N2O3/c1-4-32-29(35)26(17-21-11-6-5-7-12-21)33(18-23-24(30)14-10-15-25(23)31)28(34)19-36-27-16-9-8-13-22(27)20(2)3/h5-16,20,26H,4,17-19H2,1-3H3,(H,32,35)/t26-/m1/s1. The van der Waals surface area contributed by atoms with Crippen molar-refractivity contribution in [1.29, 1.82) is 0 Å². The first kappa shape index (κ1) is 27.6. The number of halogens is 2. The number of nitrogens with zero attached hydrogens (tertiary/aromatic N) is 1. The molecule has 3 aromatic rings. The molecule has 2 amide bonds. The molecule has 3 aromatic carbocycles. The molecule has 1 atom stereocenters. The van der Waals surface area contributed by atoms with Gasteiger partial charge in [0.2, 0.25) is 5.91 Å². The molecule has 7 heteroatoms. The van der Waals surface area contributed by atoms with Crippen molar-refractivity contribution >= 4 is 35.0 Å². The lowest BCUT2D eigenvalue weighted by atomic mass is 10.0. The average Bonchev–Trinajstić information content (AvgIpc) is 2.87. The molecule has 0 bridgehead atoms. The third kappa shape index (κ3) is 7.25. The zero-order valence-corrected chi connectivity index (χ0v) is 22.4. The number of hydrogen-bond acceptors (Lipinski definition) is 3. The van der Waals surface area contributed by atoms with E-state index in [4.69, 9.17) is 27.9 Å². The minimum Gasteiger partial charge on any atom is -0.483 e. The highest BCUT2D eigenvalue weighted by Gasteiger charge is 2.31. The van der Waals surface area contributed by atoms with Crippen LogP contribution in [0.4, 0.5) is 0 Å². The van der Waals surface area contributed by atoms with Crippen molar-refractivity contribution in [3.05, 3.63) is 99.5 Å². The van der Waals surface area contributed by atoms with E-state index in [1.54, 1.807) is 18.2 Å². The third-order valence-electron chi connectivity index (χ3n) is 5.90. The van der Waals surface area contributed by atoms with E-state index in [2.05, 4.69) is 19.2 Å². The van der Waals surface area contributed by atoms with Crippen LogP contribution in [0.1, 0.15) is 43.4 Å². The lowest BCUT2D eigenvalue weighted by Gasteiger charge is -2.32. The normalized spacial score (nSPS) is 11.7. The van der Waals surface area contributed by atoms with Gasteiger partial charge in [-0.05, 0) is 42.2 Å². The lowest BCUT2D eigenvalue weighted by molar-refractivity contribution is -0.142. The predicted octanol–water partition coefficient (Wildman–Crippen LogP) is 6.27. The molecule has 0 unspecified atom stereocenters. The Bertz CT molecular complexity index is 1150. The van der Waals surface area contributed by atoms with Crippen LogP contribution >= 0.6 is 23.2 Å². The van der Waals surface area contributed by atoms with Crippen molar-refractivity contribution in [1.82, 2.24) is 10.2 Å². The summed E-state index contributed by atoms with van der Waals surface area (Å²) >= 11 is 12.9. The highest BCUT2D eigenvalue weighted by atomic mass is 35.5. The Morgan fingerprint density at radius 2 is 1.56 bits per heavy atom. The van der Waals surface area contributed by atoms with Gasteiger partial charge < -0.3 is 15.0 Å². The molecule has 5 nitrogen and oxygen atoms in total. The lowest BCUT2D eigenvalue weighted by Crippen LogP contribution is -2.51. The van der Waals surface area contributed by atoms with Crippen molar-refractivity contribution in [2.45, 2.75) is 45.7 Å². The largest absolute Gasteiger partial charge is 0.483 e. The molecule has 0 radical (unpaired) electrons. The number of likely N-dealkylation sites (N-methyl/N-ethyl adjacent to an activating group) is 1. The maximum atomic E-state index is 13.7. The Balaban J connectivity index is 1.96. The number of para-hydroxylation sites is 1. The van der Waals surface area contributed by atoms with Gasteiger partial charge in [0.1, 0.15) is 11.8 Å². The SMILES string of the molecule is CCNC(=O)[C@@H](Cc1ccccc1)N(Cc1c(Cl)cccc1Cl)C(=O)COc1ccccc1C(C)C. The van der Waals surface area contributed by atoms with Gasteiger partial charge in [-0.1, -0.05) is 91.6 Å². The molecule has 0 saturated carbocycles. The van der Waals surface area contributed by atoms with Crippen molar-refractivity contribution < 1.29 is 14.3 Å². The summed E-state index contributed by atoms with van der Waals surface area (Å²) in [6.07, 6.45) is 0.336. The molecular formula is C29H32Cl2N2O3. The summed E-state index contributed by atoms with van der Waals surface area (Å²) in [5, 5.41) is 3.74. The summed E-state index contributed by atoms with van der Waals surface area (Å²) < 4.78 is 5.99. The quantitative estimate of drug-likeness (QED) is 0.320. The number of amides is 2. The molecule has 0 aliphatic carbocycles. The van der Waals surface area contributed by atoms with Gasteiger partial charge in [0.05, 0.1) is 0 Å². The zero-order chi connectivity index (χ0) is 26.1. The first-order valence-corrected chi connectivity index (χ1v) is 12.8. The van der Waals surface area contributed by atoms with Gasteiger partial charge in [-0.2, -0.15) is 0 Å². The molecule has 0 spiro atoms. The van der Waals surface area contributed by atoms with E-state index in [0.717, 1.165) is 11.1 Å². The van der Waals surface area contributed by atoms with Crippen molar-refractivity contribution in [3.8, 4) is 5.75 Å². The number of hydrogen-bond donors (Lipinski definition) is 1. The molecule has 1 N–H and O–H groups in total. The summed E-state index contributed by atoms with van der Waals surface area (Å²) in [5.41, 5.74) is 2.53. The van der Waals surface area contributed by atoms with E-state index in [1.807, 2.05) is 61.5 Å². The van der Waals surface area contributed by atoms with Gasteiger partial charge in [0, 0.05) is 35.1 Å². The number of carbonyl (C=O) groups excluding carboxylic acids is 2. The number of carbonyl (C=O) groups is 2. The molecule has 0 aromatic heterocycles. The van der Waals surface area contributed by atoms with Crippen molar-refractivity contribution in [2.75, 3.05) is 13.2 Å². The van der Waals surface area contributed by atoms with Crippen LogP contribution in [0, 0.1) is 0 Å². The summed E-state index contributed by atoms with van der Waals surface area (Å²) in [6.45, 7) is 6.27. The minimum atomic E-state index is -0.781. The van der Waals surface area contributed by atoms with E-state index in [9.17, 15) is 9.59 Å². The van der Waals surface area contributed by atoms with Crippen LogP contribution in [-0.2, 0) is 22.6 Å². The first-order valence-electron chi connectivity index (χ1n) is 12.1. The third-order valence-corrected chi connectivity index (χ3v) is 6.61. The second-order valence-electron chi connectivity index (χ2n) is 8.80. The second kappa shape index (κ2) is 13.3. The molecule has 0 fully saturated rings. The molecule has 0 aliphatic rings. The van der Waals surface area contributed by atoms with Crippen molar-refractivity contribution in [3.63, 3.8) is 0 Å². The Morgan fingerprint density at radius 3 is 2.19 bits per heavy atom. The van der Waals surface area contributed by atoms with E-state index in [1.165, 1.54) is 4.90 Å². The van der Waals surface area contributed by atoms with Crippen LogP contribution in [0.2, 0.25) is 10.0 Å². The molecular weight excluding hydrogens is 495 g/mol. The van der Waals surface area contributed by atoms with E-state index >= 15 is 0 Å². The van der Waals surface area contributed by atoms with Gasteiger partial charge in [-0.3, -0.25) is 9.59 Å². The molecule has 0 heterocycles. The Hall–Kier alpha value is -3.02. The fourth-order valence-corrected chi connectivity index (χ4v) is 4.53. The van der Waals surface area contributed by atoms with E-state index in [0.29, 0.717) is 34.3 Å². The summed E-state index contributed by atoms with van der Waals surface area (Å²) in [6, 6.07) is 21.7. The smallest absolute Gasteiger partial charge is 0.261 e. The minimum absolute atomic E-state index is 0.0706. The number of ether oxygens (including phenoxy) is 1. The fraction of sp³-hybridized carbons (Fsp3) is 0.310. The van der Waals surface area contributed by atoms with E-state index in [-0.39, 0.29) is 30.9 Å². The van der Waals surface area contributed by atoms with Crippen LogP contribution in [0.15, 0.2) is 72.8 Å². The van der Waals surface area contributed by atoms with Gasteiger partial charge in [-0.15, -0.1) is 0 Å². The second-order valence-corrected chi connectivity index (χ2v) is 9.62. The highest BCUT2D eigenvalue weighted by Crippen LogP contribution is 2.28. The van der Waals surface area contributed by atoms with Crippen LogP contribution in [0.3, 0.4) is 0 Å². The maximum Gasteiger partial charge on any atom is 0.261 e. The molecule has 0 aliphatic heterocycles. The summed E-state index contributed by atoms with van der Waals surface area (Å²) in [4.78, 5) is 28.5. The first-order chi connectivity index (χ1) is 17.3. The van der Waals surface area contributed by atoms with Crippen LogP contribution in [0.25, 0.3) is 0 Å². The molecule has 36 heavy (non-hydrogen) atoms. The van der Waals surface area contributed by atoms with Gasteiger partial charge >= 0.3 is 0 Å². The maximum absolute atomic E-state index is 13.7. The topological polar surface area (TPSA) is 58.6 Å². The van der Waals surface area contributed by atoms with Crippen molar-refractivity contribution in [2.24, 2.45) is 0 Å². The summed E-state index contributed by atoms with van der Waals surface area (Å²) in [7, 11) is 0. The highest BCUT2D eigenvalue weighted by molar-refractivity contribution is 6.36. The van der Waals surface area contributed by atoms with Gasteiger partial charge in [-0.25, -0.2) is 0 Å². The predicted molar refractivity (Wildman–Crippen MR) is 146 cm³/mol. The van der Waals surface area contributed by atoms with Gasteiger partial charge in [0.15, 0.2) is 6.61 Å². The fourth-order valence-electron chi connectivity index (χ4n) is 4.01. The Labute approximate surface area is 223 Å². The summed E-state index contributed by atoms with van der Waals surface area (Å²) in [5.74, 6) is 0.293. The van der Waals surface area contributed by atoms with Gasteiger partial charge in [0.25, 0.3) is 5.91 Å². The monoisotopic (exact) mass is 526 g/mol. The molecule has 0 saturated heterocycles. The zero-order valence-electron chi connectivity index (χ0n) is 20.8. The average molecular weight is 527 g/mol. The molecule has 3 rings (SSSR count). The molecule has 190 valence electrons.